The molecule has 148 valence electrons. The minimum absolute atomic E-state index is 0.0177. The number of nitrogens with zero attached hydrogens (tertiary/aromatic N) is 2. The fourth-order valence-electron chi connectivity index (χ4n) is 2.50. The standard InChI is InChI=1S/C20H17BrN4O4/c1-2-29-17-9-12(8-14(21)18(17)26)11-22-25-19(27)16-10-15(23-20(28)24-16)13-6-4-3-5-7-13/h3-11,26H,2H2,1H3,(H,25,27)(H,23,24,28)/b22-11+. The number of H-pyrrole nitrogens is 1. The number of hydrogen-bond acceptors (Lipinski definition) is 6. The number of hydrazone groups is 1. The number of aromatic amines is 1. The van der Waals surface area contributed by atoms with E-state index in [0.717, 1.165) is 0 Å². The van der Waals surface area contributed by atoms with Crippen molar-refractivity contribution in [1.82, 2.24) is 15.4 Å². The highest BCUT2D eigenvalue weighted by Crippen LogP contribution is 2.35. The van der Waals surface area contributed by atoms with E-state index in [2.05, 4.69) is 36.4 Å². The average Bonchev–Trinajstić information content (AvgIpc) is 2.72. The summed E-state index contributed by atoms with van der Waals surface area (Å²) >= 11 is 3.24. The molecular weight excluding hydrogens is 440 g/mol. The van der Waals surface area contributed by atoms with E-state index in [0.29, 0.717) is 33.6 Å². The number of nitrogens with one attached hydrogen (secondary N) is 2. The summed E-state index contributed by atoms with van der Waals surface area (Å²) in [7, 11) is 0. The summed E-state index contributed by atoms with van der Waals surface area (Å²) < 4.78 is 5.78. The first-order chi connectivity index (χ1) is 14.0. The van der Waals surface area contributed by atoms with Crippen LogP contribution in [0.3, 0.4) is 0 Å². The van der Waals surface area contributed by atoms with Crippen LogP contribution >= 0.6 is 15.9 Å². The van der Waals surface area contributed by atoms with Gasteiger partial charge in [0.15, 0.2) is 11.5 Å². The average molecular weight is 457 g/mol. The molecule has 0 unspecified atom stereocenters. The molecule has 0 bridgehead atoms. The van der Waals surface area contributed by atoms with Gasteiger partial charge in [0.2, 0.25) is 0 Å². The lowest BCUT2D eigenvalue weighted by atomic mass is 10.1. The third kappa shape index (κ3) is 5.08. The minimum atomic E-state index is -0.635. The van der Waals surface area contributed by atoms with Gasteiger partial charge < -0.3 is 14.8 Å². The Labute approximate surface area is 174 Å². The molecule has 0 aliphatic carbocycles. The SMILES string of the molecule is CCOc1cc(/C=N/NC(=O)c2cc(-c3ccccc3)nc(=O)[nH]2)cc(Br)c1O. The Morgan fingerprint density at radius 2 is 2.07 bits per heavy atom. The fourth-order valence-corrected chi connectivity index (χ4v) is 2.96. The maximum absolute atomic E-state index is 12.4. The van der Waals surface area contributed by atoms with Gasteiger partial charge >= 0.3 is 5.69 Å². The van der Waals surface area contributed by atoms with Crippen LogP contribution < -0.4 is 15.9 Å². The number of aromatic nitrogens is 2. The van der Waals surface area contributed by atoms with Crippen LogP contribution in [0.2, 0.25) is 0 Å². The number of halogens is 1. The van der Waals surface area contributed by atoms with Crippen molar-refractivity contribution in [2.75, 3.05) is 6.61 Å². The molecule has 9 heteroatoms. The normalized spacial score (nSPS) is 10.8. The summed E-state index contributed by atoms with van der Waals surface area (Å²) in [5.74, 6) is -0.322. The number of ether oxygens (including phenoxy) is 1. The Kier molecular flexibility index (Phi) is 6.40. The van der Waals surface area contributed by atoms with Crippen molar-refractivity contribution in [1.29, 1.82) is 0 Å². The summed E-state index contributed by atoms with van der Waals surface area (Å²) in [5.41, 5.74) is 3.44. The highest BCUT2D eigenvalue weighted by Gasteiger charge is 2.11. The number of phenolic OH excluding ortho intramolecular Hbond substituents is 1. The molecule has 29 heavy (non-hydrogen) atoms. The molecule has 2 aromatic carbocycles. The van der Waals surface area contributed by atoms with Crippen molar-refractivity contribution in [2.45, 2.75) is 6.92 Å². The predicted octanol–water partition coefficient (Wildman–Crippen LogP) is 3.07. The molecule has 0 atom stereocenters. The number of benzene rings is 2. The predicted molar refractivity (Wildman–Crippen MR) is 112 cm³/mol. The van der Waals surface area contributed by atoms with Crippen LogP contribution in [0.5, 0.6) is 11.5 Å². The Hall–Kier alpha value is -3.46. The van der Waals surface area contributed by atoms with Gasteiger partial charge in [-0.05, 0) is 46.6 Å². The van der Waals surface area contributed by atoms with Crippen LogP contribution in [0.1, 0.15) is 23.0 Å². The summed E-state index contributed by atoms with van der Waals surface area (Å²) in [5, 5.41) is 13.8. The second-order valence-electron chi connectivity index (χ2n) is 5.83. The number of aromatic hydroxyl groups is 1. The van der Waals surface area contributed by atoms with E-state index in [1.807, 2.05) is 18.2 Å². The van der Waals surface area contributed by atoms with Gasteiger partial charge in [0.25, 0.3) is 5.91 Å². The zero-order valence-electron chi connectivity index (χ0n) is 15.3. The quantitative estimate of drug-likeness (QED) is 0.389. The Morgan fingerprint density at radius 3 is 2.79 bits per heavy atom. The van der Waals surface area contributed by atoms with Crippen molar-refractivity contribution in [2.24, 2.45) is 5.10 Å². The van der Waals surface area contributed by atoms with Gasteiger partial charge in [0, 0.05) is 5.56 Å². The molecule has 8 nitrogen and oxygen atoms in total. The smallest absolute Gasteiger partial charge is 0.346 e. The van der Waals surface area contributed by atoms with Crippen molar-refractivity contribution in [3.05, 3.63) is 74.7 Å². The number of phenols is 1. The first-order valence-electron chi connectivity index (χ1n) is 8.63. The van der Waals surface area contributed by atoms with Gasteiger partial charge in [0.1, 0.15) is 5.69 Å². The third-order valence-electron chi connectivity index (χ3n) is 3.79. The number of rotatable bonds is 6. The molecule has 0 radical (unpaired) electrons. The lowest BCUT2D eigenvalue weighted by Gasteiger charge is -2.08. The van der Waals surface area contributed by atoms with E-state index in [-0.39, 0.29) is 11.4 Å². The largest absolute Gasteiger partial charge is 0.503 e. The number of carbonyl (C=O) groups is 1. The number of amides is 1. The number of hydrogen-bond donors (Lipinski definition) is 3. The minimum Gasteiger partial charge on any atom is -0.503 e. The van der Waals surface area contributed by atoms with Gasteiger partial charge in [-0.1, -0.05) is 30.3 Å². The number of carbonyl (C=O) groups excluding carboxylic acids is 1. The molecule has 3 N–H and O–H groups in total. The van der Waals surface area contributed by atoms with Crippen molar-refractivity contribution < 1.29 is 14.6 Å². The lowest BCUT2D eigenvalue weighted by Crippen LogP contribution is -2.24. The van der Waals surface area contributed by atoms with Gasteiger partial charge in [0.05, 0.1) is 23.0 Å². The Balaban J connectivity index is 1.78. The van der Waals surface area contributed by atoms with Crippen molar-refractivity contribution in [3.8, 4) is 22.8 Å². The second kappa shape index (κ2) is 9.16. The van der Waals surface area contributed by atoms with Crippen LogP contribution in [-0.4, -0.2) is 33.8 Å². The van der Waals surface area contributed by atoms with E-state index in [4.69, 9.17) is 4.74 Å². The van der Waals surface area contributed by atoms with Crippen LogP contribution in [0, 0.1) is 0 Å². The molecule has 0 aliphatic heterocycles. The maximum atomic E-state index is 12.4. The molecule has 3 rings (SSSR count). The van der Waals surface area contributed by atoms with Crippen LogP contribution in [0.25, 0.3) is 11.3 Å². The van der Waals surface area contributed by atoms with E-state index < -0.39 is 11.6 Å². The first kappa shape index (κ1) is 20.3. The topological polar surface area (TPSA) is 117 Å². The van der Waals surface area contributed by atoms with Gasteiger partial charge in [-0.3, -0.25) is 4.79 Å². The molecule has 0 saturated carbocycles. The molecular formula is C20H17BrN4O4. The van der Waals surface area contributed by atoms with E-state index >= 15 is 0 Å². The summed E-state index contributed by atoms with van der Waals surface area (Å²) in [4.78, 5) is 30.5. The van der Waals surface area contributed by atoms with E-state index in [1.165, 1.54) is 12.3 Å². The third-order valence-corrected chi connectivity index (χ3v) is 4.39. The van der Waals surface area contributed by atoms with Crippen LogP contribution in [0.15, 0.2) is 62.9 Å². The van der Waals surface area contributed by atoms with Crippen molar-refractivity contribution >= 4 is 28.1 Å². The zero-order valence-corrected chi connectivity index (χ0v) is 16.9. The highest BCUT2D eigenvalue weighted by atomic mass is 79.9. The van der Waals surface area contributed by atoms with E-state index in [9.17, 15) is 14.7 Å². The molecule has 1 amide bonds. The molecule has 0 aliphatic rings. The molecule has 0 fully saturated rings. The lowest BCUT2D eigenvalue weighted by molar-refractivity contribution is 0.0949. The highest BCUT2D eigenvalue weighted by molar-refractivity contribution is 9.10. The molecule has 3 aromatic rings. The molecule has 0 saturated heterocycles. The Morgan fingerprint density at radius 1 is 1.31 bits per heavy atom. The van der Waals surface area contributed by atoms with Gasteiger partial charge in [-0.15, -0.1) is 0 Å². The fraction of sp³-hybridized carbons (Fsp3) is 0.100. The monoisotopic (exact) mass is 456 g/mol. The zero-order chi connectivity index (χ0) is 20.8. The maximum Gasteiger partial charge on any atom is 0.346 e. The van der Waals surface area contributed by atoms with Crippen molar-refractivity contribution in [3.63, 3.8) is 0 Å². The van der Waals surface area contributed by atoms with Crippen LogP contribution in [-0.2, 0) is 0 Å². The molecule has 0 spiro atoms. The Bertz CT molecular complexity index is 1110. The first-order valence-corrected chi connectivity index (χ1v) is 9.42. The molecule has 1 heterocycles. The second-order valence-corrected chi connectivity index (χ2v) is 6.69. The van der Waals surface area contributed by atoms with E-state index in [1.54, 1.807) is 31.2 Å². The summed E-state index contributed by atoms with van der Waals surface area (Å²) in [6, 6.07) is 13.7. The molecule has 1 aromatic heterocycles. The van der Waals surface area contributed by atoms with Crippen LogP contribution in [0.4, 0.5) is 0 Å². The summed E-state index contributed by atoms with van der Waals surface area (Å²) in [6.45, 7) is 2.18. The van der Waals surface area contributed by atoms with Gasteiger partial charge in [-0.25, -0.2) is 10.2 Å². The summed E-state index contributed by atoms with van der Waals surface area (Å²) in [6.07, 6.45) is 1.39. The van der Waals surface area contributed by atoms with Gasteiger partial charge in [-0.2, -0.15) is 10.1 Å².